The lowest BCUT2D eigenvalue weighted by molar-refractivity contribution is -0.127. The minimum absolute atomic E-state index is 0.0123. The number of methoxy groups -OCH3 is 1. The summed E-state index contributed by atoms with van der Waals surface area (Å²) in [6.07, 6.45) is 0.212. The van der Waals surface area contributed by atoms with Gasteiger partial charge in [-0.25, -0.2) is 4.99 Å². The molecular weight excluding hydrogens is 424 g/mol. The number of nitrogens with zero attached hydrogens (tertiary/aromatic N) is 3. The van der Waals surface area contributed by atoms with E-state index in [4.69, 9.17) is 9.73 Å². The summed E-state index contributed by atoms with van der Waals surface area (Å²) in [6, 6.07) is 7.90. The predicted molar refractivity (Wildman–Crippen MR) is 129 cm³/mol. The Hall–Kier alpha value is -2.58. The second-order valence-corrected chi connectivity index (χ2v) is 8.64. The van der Waals surface area contributed by atoms with Crippen LogP contribution in [-0.2, 0) is 14.3 Å². The van der Waals surface area contributed by atoms with E-state index in [1.807, 2.05) is 38.0 Å². The number of ether oxygens (including phenoxy) is 1. The lowest BCUT2D eigenvalue weighted by Gasteiger charge is -2.38. The summed E-state index contributed by atoms with van der Waals surface area (Å²) >= 11 is 1.49. The number of carbonyl (C=O) groups excluding carboxylic acids is 2. The molecular formula is C24H32N4O3S. The van der Waals surface area contributed by atoms with Gasteiger partial charge in [-0.1, -0.05) is 41.6 Å². The summed E-state index contributed by atoms with van der Waals surface area (Å²) in [5.74, 6) is -0.0950. The van der Waals surface area contributed by atoms with Gasteiger partial charge in [0.25, 0.3) is 5.91 Å². The number of hydrogen-bond acceptors (Lipinski definition) is 6. The number of fused-ring (bicyclic) bond motifs is 1. The Morgan fingerprint density at radius 1 is 1.19 bits per heavy atom. The molecule has 0 bridgehead atoms. The Balaban J connectivity index is 1.99. The SMILES string of the molecule is CCN(CC)C(=O)C1=C(C)N=C2SC=C(CC(=O)NCCOC)N2C1c1ccc(C)cc1. The monoisotopic (exact) mass is 456 g/mol. The second kappa shape index (κ2) is 10.8. The van der Waals surface area contributed by atoms with E-state index in [1.54, 1.807) is 7.11 Å². The highest BCUT2D eigenvalue weighted by molar-refractivity contribution is 8.16. The molecule has 0 saturated heterocycles. The van der Waals surface area contributed by atoms with E-state index in [1.165, 1.54) is 11.8 Å². The highest BCUT2D eigenvalue weighted by Crippen LogP contribution is 2.45. The molecule has 0 radical (unpaired) electrons. The highest BCUT2D eigenvalue weighted by atomic mass is 32.2. The summed E-state index contributed by atoms with van der Waals surface area (Å²) in [7, 11) is 1.61. The number of allylic oxidation sites excluding steroid dienone is 1. The third kappa shape index (κ3) is 5.07. The Morgan fingerprint density at radius 3 is 2.50 bits per heavy atom. The molecule has 7 nitrogen and oxygen atoms in total. The summed E-state index contributed by atoms with van der Waals surface area (Å²) in [6.45, 7) is 10.1. The minimum Gasteiger partial charge on any atom is -0.383 e. The van der Waals surface area contributed by atoms with Gasteiger partial charge in [0.2, 0.25) is 5.91 Å². The van der Waals surface area contributed by atoms with Crippen molar-refractivity contribution in [3.05, 3.63) is 57.8 Å². The summed E-state index contributed by atoms with van der Waals surface area (Å²) < 4.78 is 5.02. The van der Waals surface area contributed by atoms with E-state index in [9.17, 15) is 9.59 Å². The zero-order chi connectivity index (χ0) is 23.3. The number of nitrogens with one attached hydrogen (secondary N) is 1. The minimum atomic E-state index is -0.329. The molecule has 1 atom stereocenters. The maximum Gasteiger partial charge on any atom is 0.254 e. The van der Waals surface area contributed by atoms with Gasteiger partial charge in [0, 0.05) is 32.4 Å². The smallest absolute Gasteiger partial charge is 0.254 e. The topological polar surface area (TPSA) is 74.2 Å². The number of benzene rings is 1. The third-order valence-corrected chi connectivity index (χ3v) is 6.53. The molecule has 0 spiro atoms. The number of carbonyl (C=O) groups is 2. The zero-order valence-electron chi connectivity index (χ0n) is 19.5. The van der Waals surface area contributed by atoms with Crippen molar-refractivity contribution >= 4 is 28.7 Å². The molecule has 1 unspecified atom stereocenters. The van der Waals surface area contributed by atoms with Crippen molar-refractivity contribution in [3.8, 4) is 0 Å². The van der Waals surface area contributed by atoms with Crippen LogP contribution in [0.4, 0.5) is 0 Å². The van der Waals surface area contributed by atoms with Crippen molar-refractivity contribution in [2.75, 3.05) is 33.4 Å². The van der Waals surface area contributed by atoms with Crippen LogP contribution in [0.25, 0.3) is 0 Å². The Morgan fingerprint density at radius 2 is 1.88 bits per heavy atom. The number of rotatable bonds is 9. The molecule has 2 aliphatic heterocycles. The number of aryl methyl sites for hydroxylation is 1. The number of aliphatic imine (C=N–C) groups is 1. The first-order valence-corrected chi connectivity index (χ1v) is 11.8. The molecule has 0 saturated carbocycles. The van der Waals surface area contributed by atoms with Crippen LogP contribution < -0.4 is 5.32 Å². The van der Waals surface area contributed by atoms with Crippen LogP contribution in [0.1, 0.15) is 44.4 Å². The van der Waals surface area contributed by atoms with Crippen molar-refractivity contribution in [2.45, 2.75) is 40.2 Å². The molecule has 1 aromatic carbocycles. The van der Waals surface area contributed by atoms with Crippen LogP contribution in [0.2, 0.25) is 0 Å². The van der Waals surface area contributed by atoms with Crippen LogP contribution in [0, 0.1) is 6.92 Å². The summed E-state index contributed by atoms with van der Waals surface area (Å²) in [4.78, 5) is 34.7. The number of hydrogen-bond donors (Lipinski definition) is 1. The maximum atomic E-state index is 13.6. The van der Waals surface area contributed by atoms with Crippen LogP contribution in [0.3, 0.4) is 0 Å². The van der Waals surface area contributed by atoms with Gasteiger partial charge < -0.3 is 19.9 Å². The van der Waals surface area contributed by atoms with Gasteiger partial charge in [-0.2, -0.15) is 0 Å². The summed E-state index contributed by atoms with van der Waals surface area (Å²) in [5, 5.41) is 5.64. The first-order valence-electron chi connectivity index (χ1n) is 11.0. The normalized spacial score (nSPS) is 17.7. The zero-order valence-corrected chi connectivity index (χ0v) is 20.3. The molecule has 0 fully saturated rings. The van der Waals surface area contributed by atoms with E-state index in [0.717, 1.165) is 27.7 Å². The van der Waals surface area contributed by atoms with Gasteiger partial charge in [0.15, 0.2) is 5.17 Å². The fourth-order valence-electron chi connectivity index (χ4n) is 3.91. The standard InChI is InChI=1S/C24H32N4O3S/c1-6-27(7-2)23(30)21-17(4)26-24-28(22(21)18-10-8-16(3)9-11-18)19(15-32-24)14-20(29)25-12-13-31-5/h8-11,15,22H,6-7,12-14H2,1-5H3,(H,25,29). The molecule has 3 rings (SSSR count). The Kier molecular flexibility index (Phi) is 8.15. The number of amides is 2. The molecule has 2 heterocycles. The number of thioether (sulfide) groups is 1. The van der Waals surface area contributed by atoms with Crippen molar-refractivity contribution in [1.82, 2.24) is 15.1 Å². The largest absolute Gasteiger partial charge is 0.383 e. The van der Waals surface area contributed by atoms with Crippen molar-refractivity contribution in [1.29, 1.82) is 0 Å². The number of likely N-dealkylation sites (N-methyl/N-ethyl adjacent to an activating group) is 1. The van der Waals surface area contributed by atoms with Crippen molar-refractivity contribution < 1.29 is 14.3 Å². The van der Waals surface area contributed by atoms with E-state index in [0.29, 0.717) is 31.8 Å². The molecule has 1 N–H and O–H groups in total. The first kappa shape index (κ1) is 24.1. The van der Waals surface area contributed by atoms with Crippen LogP contribution >= 0.6 is 11.8 Å². The van der Waals surface area contributed by atoms with Crippen molar-refractivity contribution in [3.63, 3.8) is 0 Å². The van der Waals surface area contributed by atoms with Gasteiger partial charge in [-0.3, -0.25) is 9.59 Å². The van der Waals surface area contributed by atoms with E-state index in [-0.39, 0.29) is 24.3 Å². The first-order chi connectivity index (χ1) is 15.4. The Bertz CT molecular complexity index is 948. The lowest BCUT2D eigenvalue weighted by Crippen LogP contribution is -2.42. The van der Waals surface area contributed by atoms with Gasteiger partial charge in [-0.15, -0.1) is 0 Å². The molecule has 2 aliphatic rings. The average molecular weight is 457 g/mol. The molecule has 1 aromatic rings. The Labute approximate surface area is 194 Å². The molecule has 172 valence electrons. The van der Waals surface area contributed by atoms with Crippen LogP contribution in [-0.4, -0.2) is 60.1 Å². The molecule has 8 heteroatoms. The van der Waals surface area contributed by atoms with E-state index in [2.05, 4.69) is 34.5 Å². The maximum absolute atomic E-state index is 13.6. The quantitative estimate of drug-likeness (QED) is 0.575. The van der Waals surface area contributed by atoms with Crippen LogP contribution in [0.5, 0.6) is 0 Å². The van der Waals surface area contributed by atoms with Crippen LogP contribution in [0.15, 0.2) is 51.6 Å². The van der Waals surface area contributed by atoms with Crippen molar-refractivity contribution in [2.24, 2.45) is 4.99 Å². The molecule has 0 aliphatic carbocycles. The highest BCUT2D eigenvalue weighted by Gasteiger charge is 2.41. The van der Waals surface area contributed by atoms with Gasteiger partial charge in [-0.05, 0) is 38.7 Å². The summed E-state index contributed by atoms with van der Waals surface area (Å²) in [5.41, 5.74) is 4.39. The molecule has 32 heavy (non-hydrogen) atoms. The van der Waals surface area contributed by atoms with E-state index >= 15 is 0 Å². The van der Waals surface area contributed by atoms with Gasteiger partial charge >= 0.3 is 0 Å². The average Bonchev–Trinajstić information content (AvgIpc) is 3.16. The van der Waals surface area contributed by atoms with E-state index < -0.39 is 0 Å². The van der Waals surface area contributed by atoms with Gasteiger partial charge in [0.05, 0.1) is 30.3 Å². The predicted octanol–water partition coefficient (Wildman–Crippen LogP) is 3.59. The third-order valence-electron chi connectivity index (χ3n) is 5.64. The second-order valence-electron chi connectivity index (χ2n) is 7.80. The molecule has 2 amide bonds. The number of amidine groups is 1. The molecule has 0 aromatic heterocycles. The lowest BCUT2D eigenvalue weighted by atomic mass is 9.92. The fraction of sp³-hybridized carbons (Fsp3) is 0.458. The fourth-order valence-corrected chi connectivity index (χ4v) is 4.87. The van der Waals surface area contributed by atoms with Gasteiger partial charge in [0.1, 0.15) is 0 Å².